The molecule has 37 heavy (non-hydrogen) atoms. The van der Waals surface area contributed by atoms with Crippen molar-refractivity contribution in [1.29, 1.82) is 0 Å². The number of fused-ring (bicyclic) bond motifs is 1. The fourth-order valence-electron chi connectivity index (χ4n) is 5.74. The molecular formula is C27H27Cl2N3O5. The van der Waals surface area contributed by atoms with Crippen LogP contribution in [-0.2, 0) is 11.3 Å². The van der Waals surface area contributed by atoms with Gasteiger partial charge in [0.2, 0.25) is 0 Å². The van der Waals surface area contributed by atoms with Gasteiger partial charge in [0, 0.05) is 42.4 Å². The molecule has 194 valence electrons. The van der Waals surface area contributed by atoms with E-state index >= 15 is 0 Å². The number of aromatic nitrogens is 2. The Labute approximate surface area is 224 Å². The van der Waals surface area contributed by atoms with E-state index in [4.69, 9.17) is 37.2 Å². The van der Waals surface area contributed by atoms with E-state index < -0.39 is 5.97 Å². The molecule has 10 heteroatoms. The Bertz CT molecular complexity index is 1310. The number of carboxylic acids is 1. The van der Waals surface area contributed by atoms with Gasteiger partial charge in [-0.3, -0.25) is 0 Å². The van der Waals surface area contributed by atoms with Crippen molar-refractivity contribution in [3.8, 4) is 17.0 Å². The number of ether oxygens (including phenoxy) is 2. The molecule has 0 bridgehead atoms. The quantitative estimate of drug-likeness (QED) is 0.366. The molecule has 3 aromatic rings. The van der Waals surface area contributed by atoms with Crippen molar-refractivity contribution in [2.45, 2.75) is 44.3 Å². The second-order valence-corrected chi connectivity index (χ2v) is 10.9. The topological polar surface area (TPSA) is 97.9 Å². The van der Waals surface area contributed by atoms with Gasteiger partial charge in [-0.2, -0.15) is 0 Å². The monoisotopic (exact) mass is 543 g/mol. The molecule has 2 saturated carbocycles. The van der Waals surface area contributed by atoms with Crippen LogP contribution in [0.1, 0.15) is 53.3 Å². The van der Waals surface area contributed by atoms with Crippen molar-refractivity contribution >= 4 is 35.0 Å². The first-order chi connectivity index (χ1) is 17.9. The molecular weight excluding hydrogens is 517 g/mol. The van der Waals surface area contributed by atoms with Gasteiger partial charge in [0.1, 0.15) is 11.5 Å². The molecule has 1 saturated heterocycles. The largest absolute Gasteiger partial charge is 0.493 e. The molecule has 1 aliphatic heterocycles. The summed E-state index contributed by atoms with van der Waals surface area (Å²) in [6.07, 6.45) is 5.60. The van der Waals surface area contributed by atoms with Crippen molar-refractivity contribution < 1.29 is 23.9 Å². The van der Waals surface area contributed by atoms with Crippen LogP contribution in [-0.4, -0.2) is 47.5 Å². The summed E-state index contributed by atoms with van der Waals surface area (Å²) in [6.45, 7) is 2.08. The lowest BCUT2D eigenvalue weighted by molar-refractivity contribution is 0.0402. The Hall–Kier alpha value is -2.81. The molecule has 0 radical (unpaired) electrons. The van der Waals surface area contributed by atoms with E-state index in [0.717, 1.165) is 50.1 Å². The molecule has 1 N–H and O–H groups in total. The molecule has 2 aliphatic carbocycles. The lowest BCUT2D eigenvalue weighted by Gasteiger charge is -2.22. The number of pyridine rings is 1. The van der Waals surface area contributed by atoms with E-state index in [1.54, 1.807) is 0 Å². The predicted octanol–water partition coefficient (Wildman–Crippen LogP) is 6.06. The van der Waals surface area contributed by atoms with Gasteiger partial charge in [-0.15, -0.1) is 0 Å². The fraction of sp³-hybridized carbons (Fsp3) is 0.444. The third kappa shape index (κ3) is 4.67. The number of rotatable bonds is 8. The number of benzene rings is 1. The highest BCUT2D eigenvalue weighted by molar-refractivity contribution is 6.39. The first-order valence-corrected chi connectivity index (χ1v) is 13.2. The van der Waals surface area contributed by atoms with Crippen LogP contribution >= 0.6 is 23.2 Å². The number of carboxylic acid groups (broad SMARTS) is 1. The number of aromatic carboxylic acids is 1. The third-order valence-electron chi connectivity index (χ3n) is 7.74. The van der Waals surface area contributed by atoms with E-state index in [1.165, 1.54) is 19.4 Å². The van der Waals surface area contributed by atoms with Crippen LogP contribution in [0.2, 0.25) is 10.0 Å². The molecule has 0 spiro atoms. The summed E-state index contributed by atoms with van der Waals surface area (Å²) in [5, 5.41) is 14.7. The van der Waals surface area contributed by atoms with E-state index in [0.29, 0.717) is 57.2 Å². The van der Waals surface area contributed by atoms with Crippen LogP contribution in [0.3, 0.4) is 0 Å². The van der Waals surface area contributed by atoms with Crippen LogP contribution in [0, 0.1) is 11.8 Å². The van der Waals surface area contributed by atoms with Crippen molar-refractivity contribution in [3.05, 3.63) is 57.4 Å². The summed E-state index contributed by atoms with van der Waals surface area (Å²) in [4.78, 5) is 17.9. The minimum Gasteiger partial charge on any atom is -0.493 e. The Kier molecular flexibility index (Phi) is 6.51. The fourth-order valence-corrected chi connectivity index (χ4v) is 6.32. The Morgan fingerprint density at radius 1 is 1.19 bits per heavy atom. The second-order valence-electron chi connectivity index (χ2n) is 10.1. The standard InChI is InChI=1S/C27H27Cl2N3O5/c1-35-22-9-15(27(33)34)10-30-26(22)32-11-16-7-18(8-17(16)12-32)36-13-19-24(31-37-25(19)14-5-6-14)23-20(28)3-2-4-21(23)29/h2-4,9-10,14,16-18H,5-8,11-13H2,1H3,(H,33,34)/t16-,17+,18?. The number of carbonyl (C=O) groups is 1. The van der Waals surface area contributed by atoms with E-state index in [9.17, 15) is 9.90 Å². The van der Waals surface area contributed by atoms with Crippen molar-refractivity contribution in [1.82, 2.24) is 10.1 Å². The minimum absolute atomic E-state index is 0.116. The molecule has 2 aromatic heterocycles. The molecule has 6 rings (SSSR count). The minimum atomic E-state index is -1.02. The van der Waals surface area contributed by atoms with Crippen LogP contribution < -0.4 is 9.64 Å². The summed E-state index contributed by atoms with van der Waals surface area (Å²) in [6, 6.07) is 6.96. The van der Waals surface area contributed by atoms with Gasteiger partial charge in [0.25, 0.3) is 0 Å². The molecule has 3 heterocycles. The molecule has 3 atom stereocenters. The Balaban J connectivity index is 1.14. The maximum Gasteiger partial charge on any atom is 0.337 e. The van der Waals surface area contributed by atoms with Crippen molar-refractivity contribution in [3.63, 3.8) is 0 Å². The Morgan fingerprint density at radius 2 is 1.89 bits per heavy atom. The van der Waals surface area contributed by atoms with Gasteiger partial charge in [-0.1, -0.05) is 34.4 Å². The summed E-state index contributed by atoms with van der Waals surface area (Å²) in [5.41, 5.74) is 2.42. The molecule has 8 nitrogen and oxygen atoms in total. The lowest BCUT2D eigenvalue weighted by Crippen LogP contribution is -2.25. The lowest BCUT2D eigenvalue weighted by atomic mass is 10.0. The SMILES string of the molecule is COc1cc(C(=O)O)cnc1N1C[C@H]2CC(OCc3c(-c4c(Cl)cccc4Cl)noc3C3CC3)C[C@H]2C1. The zero-order valence-electron chi connectivity index (χ0n) is 20.3. The van der Waals surface area contributed by atoms with Crippen molar-refractivity contribution in [2.24, 2.45) is 11.8 Å². The zero-order chi connectivity index (χ0) is 25.7. The molecule has 0 amide bonds. The zero-order valence-corrected chi connectivity index (χ0v) is 21.8. The van der Waals surface area contributed by atoms with E-state index in [-0.39, 0.29) is 11.7 Å². The van der Waals surface area contributed by atoms with Crippen molar-refractivity contribution in [2.75, 3.05) is 25.1 Å². The second kappa shape index (κ2) is 9.82. The maximum absolute atomic E-state index is 11.3. The van der Waals surface area contributed by atoms with Crippen LogP contribution in [0.4, 0.5) is 5.82 Å². The van der Waals surface area contributed by atoms with Crippen LogP contribution in [0.15, 0.2) is 35.0 Å². The average molecular weight is 544 g/mol. The van der Waals surface area contributed by atoms with Gasteiger partial charge >= 0.3 is 5.97 Å². The molecule has 1 aromatic carbocycles. The summed E-state index contributed by atoms with van der Waals surface area (Å²) in [5.74, 6) is 2.37. The summed E-state index contributed by atoms with van der Waals surface area (Å²) >= 11 is 13.0. The van der Waals surface area contributed by atoms with Gasteiger partial charge in [-0.05, 0) is 49.7 Å². The third-order valence-corrected chi connectivity index (χ3v) is 8.37. The predicted molar refractivity (Wildman–Crippen MR) is 139 cm³/mol. The Morgan fingerprint density at radius 3 is 2.51 bits per heavy atom. The number of nitrogens with zero attached hydrogens (tertiary/aromatic N) is 3. The van der Waals surface area contributed by atoms with E-state index in [2.05, 4.69) is 15.0 Å². The smallest absolute Gasteiger partial charge is 0.337 e. The van der Waals surface area contributed by atoms with Gasteiger partial charge in [-0.25, -0.2) is 9.78 Å². The average Bonchev–Trinajstić information content (AvgIpc) is 3.35. The van der Waals surface area contributed by atoms with Crippen LogP contribution in [0.5, 0.6) is 5.75 Å². The number of hydrogen-bond acceptors (Lipinski definition) is 7. The van der Waals surface area contributed by atoms with Gasteiger partial charge < -0.3 is 24.0 Å². The summed E-state index contributed by atoms with van der Waals surface area (Å²) in [7, 11) is 1.54. The molecule has 1 unspecified atom stereocenters. The molecule has 3 aliphatic rings. The highest BCUT2D eigenvalue weighted by Crippen LogP contribution is 2.47. The van der Waals surface area contributed by atoms with Gasteiger partial charge in [0.15, 0.2) is 11.6 Å². The molecule has 3 fully saturated rings. The maximum atomic E-state index is 11.3. The normalized spacial score (nSPS) is 22.9. The number of methoxy groups -OCH3 is 1. The van der Waals surface area contributed by atoms with Gasteiger partial charge in [0.05, 0.1) is 35.4 Å². The number of anilines is 1. The first kappa shape index (κ1) is 24.5. The summed E-state index contributed by atoms with van der Waals surface area (Å²) < 4.78 is 17.7. The first-order valence-electron chi connectivity index (χ1n) is 12.5. The van der Waals surface area contributed by atoms with E-state index in [1.807, 2.05) is 18.2 Å². The van der Waals surface area contributed by atoms with Crippen LogP contribution in [0.25, 0.3) is 11.3 Å². The number of halogens is 2. The number of hydrogen-bond donors (Lipinski definition) is 1. The highest BCUT2D eigenvalue weighted by Gasteiger charge is 2.43. The highest BCUT2D eigenvalue weighted by atomic mass is 35.5.